The van der Waals surface area contributed by atoms with Gasteiger partial charge in [0.15, 0.2) is 6.10 Å². The van der Waals surface area contributed by atoms with Crippen molar-refractivity contribution in [3.8, 4) is 0 Å². The van der Waals surface area contributed by atoms with E-state index in [0.717, 1.165) is 11.3 Å². The van der Waals surface area contributed by atoms with E-state index in [0.29, 0.717) is 6.54 Å². The van der Waals surface area contributed by atoms with Crippen LogP contribution < -0.4 is 4.90 Å². The Kier molecular flexibility index (Phi) is 5.51. The molecule has 0 saturated carbocycles. The minimum absolute atomic E-state index is 0.240. The molecule has 0 bridgehead atoms. The molecule has 1 rings (SSSR count). The summed E-state index contributed by atoms with van der Waals surface area (Å²) in [6.07, 6.45) is -0.987. The van der Waals surface area contributed by atoms with Gasteiger partial charge in [-0.3, -0.25) is 4.79 Å². The molecule has 104 valence electrons. The number of nitrogens with zero attached hydrogens (tertiary/aromatic N) is 1. The summed E-state index contributed by atoms with van der Waals surface area (Å²) in [6.45, 7) is 5.46. The molecule has 1 aromatic carbocycles. The number of aliphatic carboxylic acids is 1. The Bertz CT molecular complexity index is 459. The van der Waals surface area contributed by atoms with E-state index in [9.17, 15) is 9.59 Å². The molecule has 5 nitrogen and oxygen atoms in total. The molecule has 1 N–H and O–H groups in total. The van der Waals surface area contributed by atoms with E-state index in [1.54, 1.807) is 4.90 Å². The number of carbonyl (C=O) groups excluding carboxylic acids is 1. The molecular weight excluding hydrogens is 246 g/mol. The van der Waals surface area contributed by atoms with Gasteiger partial charge in [-0.2, -0.15) is 0 Å². The fourth-order valence-electron chi connectivity index (χ4n) is 1.69. The summed E-state index contributed by atoms with van der Waals surface area (Å²) in [5.41, 5.74) is 1.81. The largest absolute Gasteiger partial charge is 0.479 e. The normalized spacial score (nSPS) is 11.9. The van der Waals surface area contributed by atoms with Gasteiger partial charge >= 0.3 is 5.97 Å². The van der Waals surface area contributed by atoms with Gasteiger partial charge in [0.1, 0.15) is 6.61 Å². The van der Waals surface area contributed by atoms with Crippen LogP contribution in [0.3, 0.4) is 0 Å². The van der Waals surface area contributed by atoms with Gasteiger partial charge in [-0.15, -0.1) is 0 Å². The number of carboxylic acids is 1. The van der Waals surface area contributed by atoms with Crippen LogP contribution in [0, 0.1) is 6.92 Å². The topological polar surface area (TPSA) is 66.8 Å². The first-order valence-electron chi connectivity index (χ1n) is 6.17. The van der Waals surface area contributed by atoms with E-state index in [-0.39, 0.29) is 12.5 Å². The molecular formula is C14H19NO4. The van der Waals surface area contributed by atoms with E-state index in [1.807, 2.05) is 38.1 Å². The average molecular weight is 265 g/mol. The van der Waals surface area contributed by atoms with Gasteiger partial charge in [-0.1, -0.05) is 18.2 Å². The van der Waals surface area contributed by atoms with E-state index in [4.69, 9.17) is 9.84 Å². The highest BCUT2D eigenvalue weighted by Crippen LogP contribution is 2.19. The van der Waals surface area contributed by atoms with Crippen molar-refractivity contribution in [2.45, 2.75) is 26.9 Å². The summed E-state index contributed by atoms with van der Waals surface area (Å²) in [5, 5.41) is 8.70. The first-order valence-corrected chi connectivity index (χ1v) is 6.17. The van der Waals surface area contributed by atoms with Crippen LogP contribution in [0.1, 0.15) is 19.4 Å². The first kappa shape index (κ1) is 15.2. The number of aryl methyl sites for hydroxylation is 1. The second kappa shape index (κ2) is 6.89. The van der Waals surface area contributed by atoms with Crippen LogP contribution in [0.15, 0.2) is 24.3 Å². The SMILES string of the molecule is CCN(C(=O)COC(C)C(=O)O)c1ccccc1C. The smallest absolute Gasteiger partial charge is 0.332 e. The Morgan fingerprint density at radius 3 is 2.53 bits per heavy atom. The molecule has 0 aliphatic rings. The van der Waals surface area contributed by atoms with Crippen LogP contribution in [-0.4, -0.2) is 36.2 Å². The molecule has 0 heterocycles. The predicted molar refractivity (Wildman–Crippen MR) is 72.3 cm³/mol. The third-order valence-corrected chi connectivity index (χ3v) is 2.83. The van der Waals surface area contributed by atoms with Crippen molar-refractivity contribution >= 4 is 17.6 Å². The second-order valence-corrected chi connectivity index (χ2v) is 4.22. The van der Waals surface area contributed by atoms with E-state index < -0.39 is 12.1 Å². The van der Waals surface area contributed by atoms with Crippen LogP contribution in [0.2, 0.25) is 0 Å². The van der Waals surface area contributed by atoms with Crippen molar-refractivity contribution in [3.63, 3.8) is 0 Å². The average Bonchev–Trinajstić information content (AvgIpc) is 2.38. The highest BCUT2D eigenvalue weighted by molar-refractivity contribution is 5.95. The van der Waals surface area contributed by atoms with Crippen LogP contribution in [0.4, 0.5) is 5.69 Å². The fourth-order valence-corrected chi connectivity index (χ4v) is 1.69. The molecule has 0 aliphatic heterocycles. The highest BCUT2D eigenvalue weighted by Gasteiger charge is 2.18. The lowest BCUT2D eigenvalue weighted by atomic mass is 10.2. The molecule has 1 unspecified atom stereocenters. The van der Waals surface area contributed by atoms with Crippen molar-refractivity contribution in [1.29, 1.82) is 0 Å². The molecule has 1 aromatic rings. The van der Waals surface area contributed by atoms with Crippen molar-refractivity contribution in [2.75, 3.05) is 18.1 Å². The number of ether oxygens (including phenoxy) is 1. The van der Waals surface area contributed by atoms with Gasteiger partial charge in [0.05, 0.1) is 0 Å². The summed E-state index contributed by atoms with van der Waals surface area (Å²) < 4.78 is 5.02. The molecule has 0 radical (unpaired) electrons. The van der Waals surface area contributed by atoms with Crippen molar-refractivity contribution in [3.05, 3.63) is 29.8 Å². The van der Waals surface area contributed by atoms with Gasteiger partial charge in [-0.25, -0.2) is 4.79 Å². The Balaban J connectivity index is 2.73. The fraction of sp³-hybridized carbons (Fsp3) is 0.429. The Morgan fingerprint density at radius 1 is 1.37 bits per heavy atom. The van der Waals surface area contributed by atoms with Crippen molar-refractivity contribution in [2.24, 2.45) is 0 Å². The molecule has 0 aromatic heterocycles. The summed E-state index contributed by atoms with van der Waals surface area (Å²) in [4.78, 5) is 24.3. The van der Waals surface area contributed by atoms with Crippen LogP contribution in [-0.2, 0) is 14.3 Å². The maximum atomic E-state index is 12.1. The van der Waals surface area contributed by atoms with Gasteiger partial charge in [-0.05, 0) is 32.4 Å². The van der Waals surface area contributed by atoms with E-state index >= 15 is 0 Å². The standard InChI is InChI=1S/C14H19NO4/c1-4-15(12-8-6-5-7-10(12)2)13(16)9-19-11(3)14(17)18/h5-8,11H,4,9H2,1-3H3,(H,17,18). The monoisotopic (exact) mass is 265 g/mol. The van der Waals surface area contributed by atoms with Crippen molar-refractivity contribution in [1.82, 2.24) is 0 Å². The number of benzene rings is 1. The Morgan fingerprint density at radius 2 is 2.00 bits per heavy atom. The zero-order chi connectivity index (χ0) is 14.4. The number of amides is 1. The summed E-state index contributed by atoms with van der Waals surface area (Å²) in [5.74, 6) is -1.32. The molecule has 0 saturated heterocycles. The summed E-state index contributed by atoms with van der Waals surface area (Å²) >= 11 is 0. The summed E-state index contributed by atoms with van der Waals surface area (Å²) in [7, 11) is 0. The van der Waals surface area contributed by atoms with Gasteiger partial charge in [0, 0.05) is 12.2 Å². The molecule has 0 fully saturated rings. The minimum Gasteiger partial charge on any atom is -0.479 e. The zero-order valence-electron chi connectivity index (χ0n) is 11.4. The van der Waals surface area contributed by atoms with Crippen LogP contribution in [0.5, 0.6) is 0 Å². The number of anilines is 1. The highest BCUT2D eigenvalue weighted by atomic mass is 16.5. The van der Waals surface area contributed by atoms with Gasteiger partial charge in [0.25, 0.3) is 5.91 Å². The van der Waals surface area contributed by atoms with Crippen LogP contribution >= 0.6 is 0 Å². The predicted octanol–water partition coefficient (Wildman–Crippen LogP) is 1.84. The quantitative estimate of drug-likeness (QED) is 0.852. The first-order chi connectivity index (χ1) is 8.97. The third kappa shape index (κ3) is 4.06. The summed E-state index contributed by atoms with van der Waals surface area (Å²) in [6, 6.07) is 7.54. The molecule has 0 spiro atoms. The van der Waals surface area contributed by atoms with Gasteiger partial charge in [0.2, 0.25) is 0 Å². The van der Waals surface area contributed by atoms with E-state index in [2.05, 4.69) is 0 Å². The number of rotatable bonds is 6. The minimum atomic E-state index is -1.08. The second-order valence-electron chi connectivity index (χ2n) is 4.22. The maximum absolute atomic E-state index is 12.1. The lowest BCUT2D eigenvalue weighted by Gasteiger charge is -2.23. The number of hydrogen-bond donors (Lipinski definition) is 1. The number of carbonyl (C=O) groups is 2. The number of hydrogen-bond acceptors (Lipinski definition) is 3. The lowest BCUT2D eigenvalue weighted by Crippen LogP contribution is -2.36. The lowest BCUT2D eigenvalue weighted by molar-refractivity contribution is -0.150. The number of likely N-dealkylation sites (N-methyl/N-ethyl adjacent to an activating group) is 1. The van der Waals surface area contributed by atoms with Crippen LogP contribution in [0.25, 0.3) is 0 Å². The number of carboxylic acid groups (broad SMARTS) is 1. The van der Waals surface area contributed by atoms with Crippen molar-refractivity contribution < 1.29 is 19.4 Å². The Labute approximate surface area is 112 Å². The molecule has 0 aliphatic carbocycles. The van der Waals surface area contributed by atoms with E-state index in [1.165, 1.54) is 6.92 Å². The molecule has 19 heavy (non-hydrogen) atoms. The molecule has 1 atom stereocenters. The maximum Gasteiger partial charge on any atom is 0.332 e. The Hall–Kier alpha value is -1.88. The molecule has 5 heteroatoms. The van der Waals surface area contributed by atoms with Gasteiger partial charge < -0.3 is 14.7 Å². The number of para-hydroxylation sites is 1. The molecule has 1 amide bonds. The zero-order valence-corrected chi connectivity index (χ0v) is 11.4. The third-order valence-electron chi connectivity index (χ3n) is 2.83.